The quantitative estimate of drug-likeness (QED) is 0.264. The van der Waals surface area contributed by atoms with Crippen molar-refractivity contribution in [3.8, 4) is 0 Å². The van der Waals surface area contributed by atoms with Gasteiger partial charge >= 0.3 is 5.97 Å². The summed E-state index contributed by atoms with van der Waals surface area (Å²) in [6.45, 7) is -1.83. The second kappa shape index (κ2) is 7.49. The maximum Gasteiger partial charge on any atom is 0.329 e. The Bertz CT molecular complexity index is 413. The number of aliphatic hydroxyl groups excluding tert-OH is 2. The minimum absolute atomic E-state index is 0.0825. The van der Waals surface area contributed by atoms with Crippen molar-refractivity contribution in [2.45, 2.75) is 18.2 Å². The first-order chi connectivity index (χ1) is 9.18. The fourth-order valence-electron chi connectivity index (χ4n) is 1.29. The maximum atomic E-state index is 11.9. The predicted octanol–water partition coefficient (Wildman–Crippen LogP) is -5.08. The molecule has 0 saturated heterocycles. The van der Waals surface area contributed by atoms with Gasteiger partial charge in [-0.05, 0) is 0 Å². The molecule has 0 radical (unpaired) electrons. The number of carbonyl (C=O) groups is 4. The zero-order valence-electron chi connectivity index (χ0n) is 10.3. The Morgan fingerprint density at radius 3 is 2.00 bits per heavy atom. The molecule has 11 heteroatoms. The number of nitrogens with two attached hydrogens (primary N) is 3. The average Bonchev–Trinajstić information content (AvgIpc) is 2.40. The lowest BCUT2D eigenvalue weighted by atomic mass is 10.1. The molecule has 0 aliphatic rings. The standard InChI is InChI=1S/C9H16N4O7/c10-1-4(15)13(3(2-14)9(19)20)8(18)5(11)6(16)7(12)17/h3,5-6,14,16H,1-2,10-11H2,(H2,12,17)(H,19,20)/t3-,5-,6+/m0/s1. The van der Waals surface area contributed by atoms with Crippen LogP contribution in [-0.2, 0) is 19.2 Å². The van der Waals surface area contributed by atoms with E-state index in [1.807, 2.05) is 0 Å². The van der Waals surface area contributed by atoms with E-state index in [9.17, 15) is 24.3 Å². The topological polar surface area (TPSA) is 210 Å². The van der Waals surface area contributed by atoms with E-state index >= 15 is 0 Å². The van der Waals surface area contributed by atoms with Gasteiger partial charge in [-0.15, -0.1) is 0 Å². The highest BCUT2D eigenvalue weighted by Crippen LogP contribution is 2.06. The fourth-order valence-corrected chi connectivity index (χ4v) is 1.29. The molecule has 0 fully saturated rings. The van der Waals surface area contributed by atoms with Crippen LogP contribution in [0.15, 0.2) is 0 Å². The van der Waals surface area contributed by atoms with Crippen molar-refractivity contribution in [1.82, 2.24) is 4.90 Å². The van der Waals surface area contributed by atoms with Crippen molar-refractivity contribution in [2.75, 3.05) is 13.2 Å². The van der Waals surface area contributed by atoms with Crippen molar-refractivity contribution < 1.29 is 34.5 Å². The van der Waals surface area contributed by atoms with E-state index in [-0.39, 0.29) is 4.90 Å². The number of hydrogen-bond donors (Lipinski definition) is 6. The summed E-state index contributed by atoms with van der Waals surface area (Å²) in [4.78, 5) is 45.1. The fraction of sp³-hybridized carbons (Fsp3) is 0.556. The summed E-state index contributed by atoms with van der Waals surface area (Å²) in [7, 11) is 0. The number of carboxylic acids is 1. The van der Waals surface area contributed by atoms with E-state index in [0.717, 1.165) is 0 Å². The van der Waals surface area contributed by atoms with E-state index in [0.29, 0.717) is 0 Å². The van der Waals surface area contributed by atoms with Crippen LogP contribution >= 0.6 is 0 Å². The van der Waals surface area contributed by atoms with Crippen LogP contribution in [0.2, 0.25) is 0 Å². The Hall–Kier alpha value is -2.08. The van der Waals surface area contributed by atoms with Crippen LogP contribution < -0.4 is 17.2 Å². The lowest BCUT2D eigenvalue weighted by molar-refractivity contribution is -0.161. The van der Waals surface area contributed by atoms with Gasteiger partial charge < -0.3 is 32.5 Å². The molecule has 3 atom stereocenters. The van der Waals surface area contributed by atoms with Crippen molar-refractivity contribution in [3.05, 3.63) is 0 Å². The molecule has 0 unspecified atom stereocenters. The molecule has 0 spiro atoms. The van der Waals surface area contributed by atoms with Crippen molar-refractivity contribution in [3.63, 3.8) is 0 Å². The van der Waals surface area contributed by atoms with Gasteiger partial charge in [-0.3, -0.25) is 19.3 Å². The van der Waals surface area contributed by atoms with Gasteiger partial charge in [-0.25, -0.2) is 4.79 Å². The van der Waals surface area contributed by atoms with Crippen LogP contribution in [0.4, 0.5) is 0 Å². The van der Waals surface area contributed by atoms with Crippen LogP contribution in [0, 0.1) is 0 Å². The summed E-state index contributed by atoms with van der Waals surface area (Å²) in [5, 5.41) is 27.0. The van der Waals surface area contributed by atoms with E-state index in [2.05, 4.69) is 0 Å². The third kappa shape index (κ3) is 3.96. The maximum absolute atomic E-state index is 11.9. The van der Waals surface area contributed by atoms with Crippen molar-refractivity contribution >= 4 is 23.7 Å². The number of imide groups is 1. The number of nitrogens with zero attached hydrogens (tertiary/aromatic N) is 1. The smallest absolute Gasteiger partial charge is 0.329 e. The molecule has 11 nitrogen and oxygen atoms in total. The highest BCUT2D eigenvalue weighted by molar-refractivity contribution is 6.03. The number of hydrogen-bond acceptors (Lipinski definition) is 8. The first-order valence-corrected chi connectivity index (χ1v) is 5.31. The number of aliphatic carboxylic acids is 1. The SMILES string of the molecule is NCC(=O)N(C(=O)[C@@H](N)[C@@H](O)C(N)=O)[C@@H](CO)C(=O)O. The minimum Gasteiger partial charge on any atom is -0.480 e. The molecule has 114 valence electrons. The first kappa shape index (κ1) is 17.9. The van der Waals surface area contributed by atoms with Crippen LogP contribution in [-0.4, -0.2) is 75.2 Å². The Kier molecular flexibility index (Phi) is 6.72. The van der Waals surface area contributed by atoms with Crippen molar-refractivity contribution in [1.29, 1.82) is 0 Å². The molecular formula is C9H16N4O7. The highest BCUT2D eigenvalue weighted by Gasteiger charge is 2.39. The first-order valence-electron chi connectivity index (χ1n) is 5.31. The van der Waals surface area contributed by atoms with Crippen LogP contribution in [0.3, 0.4) is 0 Å². The Morgan fingerprint density at radius 1 is 1.20 bits per heavy atom. The zero-order valence-corrected chi connectivity index (χ0v) is 10.3. The Labute approximate surface area is 112 Å². The molecule has 0 aliphatic carbocycles. The number of rotatable bonds is 7. The van der Waals surface area contributed by atoms with Gasteiger partial charge in [0.25, 0.3) is 0 Å². The number of carbonyl (C=O) groups excluding carboxylic acids is 3. The molecule has 0 rings (SSSR count). The molecular weight excluding hydrogens is 276 g/mol. The lowest BCUT2D eigenvalue weighted by Crippen LogP contribution is -2.61. The van der Waals surface area contributed by atoms with E-state index in [1.54, 1.807) is 0 Å². The lowest BCUT2D eigenvalue weighted by Gasteiger charge is -2.28. The van der Waals surface area contributed by atoms with Crippen LogP contribution in [0.25, 0.3) is 0 Å². The molecule has 0 aromatic heterocycles. The average molecular weight is 292 g/mol. The molecule has 20 heavy (non-hydrogen) atoms. The Balaban J connectivity index is 5.43. The van der Waals surface area contributed by atoms with Gasteiger partial charge in [0.1, 0.15) is 6.04 Å². The van der Waals surface area contributed by atoms with Gasteiger partial charge in [0, 0.05) is 0 Å². The predicted molar refractivity (Wildman–Crippen MR) is 62.6 cm³/mol. The highest BCUT2D eigenvalue weighted by atomic mass is 16.4. The molecule has 0 saturated carbocycles. The number of amides is 3. The third-order valence-electron chi connectivity index (χ3n) is 2.37. The number of aliphatic hydroxyl groups is 2. The van der Waals surface area contributed by atoms with Gasteiger partial charge in [0.2, 0.25) is 17.7 Å². The van der Waals surface area contributed by atoms with E-state index in [4.69, 9.17) is 27.4 Å². The summed E-state index contributed by atoms with van der Waals surface area (Å²) in [5.41, 5.74) is 15.0. The van der Waals surface area contributed by atoms with Gasteiger partial charge in [-0.1, -0.05) is 0 Å². The van der Waals surface area contributed by atoms with Crippen molar-refractivity contribution in [2.24, 2.45) is 17.2 Å². The molecule has 3 amide bonds. The summed E-state index contributed by atoms with van der Waals surface area (Å²) >= 11 is 0. The summed E-state index contributed by atoms with van der Waals surface area (Å²) in [6, 6.07) is -3.90. The van der Waals surface area contributed by atoms with Crippen LogP contribution in [0.1, 0.15) is 0 Å². The second-order valence-electron chi connectivity index (χ2n) is 3.72. The molecule has 0 aromatic rings. The van der Waals surface area contributed by atoms with Gasteiger partial charge in [-0.2, -0.15) is 0 Å². The Morgan fingerprint density at radius 2 is 1.70 bits per heavy atom. The van der Waals surface area contributed by atoms with Crippen LogP contribution in [0.5, 0.6) is 0 Å². The minimum atomic E-state index is -2.12. The summed E-state index contributed by atoms with van der Waals surface area (Å²) in [5.74, 6) is -5.57. The number of carboxylic acid groups (broad SMARTS) is 1. The normalized spacial score (nSPS) is 15.0. The van der Waals surface area contributed by atoms with Gasteiger partial charge in [0.05, 0.1) is 13.2 Å². The molecule has 0 heterocycles. The third-order valence-corrected chi connectivity index (χ3v) is 2.37. The second-order valence-corrected chi connectivity index (χ2v) is 3.72. The largest absolute Gasteiger partial charge is 0.480 e. The molecule has 0 aromatic carbocycles. The summed E-state index contributed by atoms with van der Waals surface area (Å²) in [6.07, 6.45) is -2.12. The van der Waals surface area contributed by atoms with E-state index in [1.165, 1.54) is 0 Å². The molecule has 9 N–H and O–H groups in total. The van der Waals surface area contributed by atoms with Gasteiger partial charge in [0.15, 0.2) is 12.1 Å². The monoisotopic (exact) mass is 292 g/mol. The molecule has 0 bridgehead atoms. The summed E-state index contributed by atoms with van der Waals surface area (Å²) < 4.78 is 0. The zero-order chi connectivity index (χ0) is 16.0. The molecule has 0 aliphatic heterocycles. The number of primary amides is 1. The van der Waals surface area contributed by atoms with E-state index < -0.39 is 55.0 Å².